The number of pyridine rings is 2. The van der Waals surface area contributed by atoms with Crippen LogP contribution in [0.2, 0.25) is 0 Å². The summed E-state index contributed by atoms with van der Waals surface area (Å²) in [5.74, 6) is -0.666. The van der Waals surface area contributed by atoms with Crippen molar-refractivity contribution < 1.29 is 59.5 Å². The number of hydrogen-bond acceptors (Lipinski definition) is 9. The molecule has 5 N–H and O–H groups in total. The molecular formula is C61H60F6N8O7. The van der Waals surface area contributed by atoms with Crippen LogP contribution in [0.5, 0.6) is 0 Å². The number of para-hydroxylation sites is 2. The molecule has 4 aromatic carbocycles. The molecule has 6 amide bonds. The predicted octanol–water partition coefficient (Wildman–Crippen LogP) is 13.0. The number of carbonyl (C=O) groups excluding carboxylic acids is 4. The van der Waals surface area contributed by atoms with Crippen molar-refractivity contribution in [2.75, 3.05) is 19.7 Å². The van der Waals surface area contributed by atoms with E-state index in [1.54, 1.807) is 21.9 Å². The lowest BCUT2D eigenvalue weighted by molar-refractivity contribution is -0.123. The SMILES string of the molecule is CC(C)NC(=O)N1Cc2cc(C(=O)NCC(F)(F)F)nc(-c3cccc(-c4cc5ccccc5o4)c3)c2[C@H]1CCO.CCC[C@@H]1c2c(cc(C(=O)NCC(F)(F)F)nc2-c2cccc(-c3cc4ccccc4o3)c2)CN1C(=O)NC(C)C. The molecule has 0 unspecified atom stereocenters. The van der Waals surface area contributed by atoms with Crippen molar-refractivity contribution >= 4 is 45.8 Å². The Morgan fingerprint density at radius 1 is 0.573 bits per heavy atom. The van der Waals surface area contributed by atoms with Gasteiger partial charge in [-0.15, -0.1) is 0 Å². The number of nitrogens with one attached hydrogen (secondary N) is 4. The quantitative estimate of drug-likeness (QED) is 0.0658. The second-order valence-corrected chi connectivity index (χ2v) is 20.7. The molecule has 10 rings (SSSR count). The van der Waals surface area contributed by atoms with Gasteiger partial charge in [0.1, 0.15) is 47.2 Å². The average Bonchev–Trinajstić information content (AvgIpc) is 2.79. The summed E-state index contributed by atoms with van der Waals surface area (Å²) >= 11 is 0. The minimum atomic E-state index is -4.59. The van der Waals surface area contributed by atoms with E-state index >= 15 is 0 Å². The van der Waals surface area contributed by atoms with Crippen molar-refractivity contribution in [3.63, 3.8) is 0 Å². The Kier molecular flexibility index (Phi) is 17.1. The summed E-state index contributed by atoms with van der Waals surface area (Å²) in [6, 6.07) is 34.9. The van der Waals surface area contributed by atoms with Gasteiger partial charge in [0.15, 0.2) is 0 Å². The fraction of sp³-hybridized carbons (Fsp3) is 0.311. The summed E-state index contributed by atoms with van der Waals surface area (Å²) in [5, 5.41) is 21.3. The molecule has 2 aliphatic rings. The number of rotatable bonds is 14. The minimum absolute atomic E-state index is 0.0877. The first-order valence-corrected chi connectivity index (χ1v) is 26.8. The zero-order chi connectivity index (χ0) is 58.6. The third kappa shape index (κ3) is 13.2. The Labute approximate surface area is 468 Å². The van der Waals surface area contributed by atoms with Gasteiger partial charge in [-0.25, -0.2) is 19.6 Å². The molecule has 8 aromatic rings. The first-order chi connectivity index (χ1) is 39.1. The van der Waals surface area contributed by atoms with Crippen molar-refractivity contribution in [1.29, 1.82) is 0 Å². The van der Waals surface area contributed by atoms with Gasteiger partial charge < -0.3 is 45.0 Å². The Morgan fingerprint density at radius 3 is 1.35 bits per heavy atom. The number of aliphatic hydroxyl groups is 1. The zero-order valence-corrected chi connectivity index (χ0v) is 45.5. The van der Waals surface area contributed by atoms with E-state index < -0.39 is 43.3 Å². The van der Waals surface area contributed by atoms with Crippen LogP contribution in [-0.2, 0) is 13.1 Å². The fourth-order valence-corrected chi connectivity index (χ4v) is 10.3. The number of hydrogen-bond donors (Lipinski definition) is 5. The smallest absolute Gasteiger partial charge is 0.405 e. The highest BCUT2D eigenvalue weighted by Gasteiger charge is 2.40. The Bertz CT molecular complexity index is 3360. The molecule has 0 spiro atoms. The van der Waals surface area contributed by atoms with Crippen LogP contribution in [0.25, 0.3) is 67.1 Å². The van der Waals surface area contributed by atoms with Crippen LogP contribution in [0.3, 0.4) is 0 Å². The summed E-state index contributed by atoms with van der Waals surface area (Å²) in [4.78, 5) is 64.4. The third-order valence-electron chi connectivity index (χ3n) is 13.8. The normalized spacial score (nSPS) is 14.9. The number of halogens is 6. The van der Waals surface area contributed by atoms with Gasteiger partial charge in [0.25, 0.3) is 11.8 Å². The number of fused-ring (bicyclic) bond motifs is 4. The molecule has 0 bridgehead atoms. The first-order valence-electron chi connectivity index (χ1n) is 26.8. The Morgan fingerprint density at radius 2 is 0.976 bits per heavy atom. The summed E-state index contributed by atoms with van der Waals surface area (Å²) in [6.07, 6.45) is -7.52. The van der Waals surface area contributed by atoms with Crippen LogP contribution in [0.15, 0.2) is 130 Å². The molecule has 428 valence electrons. The molecule has 0 fully saturated rings. The van der Waals surface area contributed by atoms with Crippen LogP contribution >= 0.6 is 0 Å². The van der Waals surface area contributed by atoms with E-state index in [0.29, 0.717) is 62.7 Å². The van der Waals surface area contributed by atoms with E-state index in [2.05, 4.69) is 20.6 Å². The van der Waals surface area contributed by atoms with E-state index in [4.69, 9.17) is 8.83 Å². The molecular weight excluding hydrogens is 1070 g/mol. The lowest BCUT2D eigenvalue weighted by Gasteiger charge is -2.27. The standard InChI is InChI=1S/C31H31F3N4O3.C30H29F3N4O4/c1-4-8-24-27-22(16-38(24)30(40)36-18(2)3)14-23(29(39)35-17-31(32,33)34)37-28(27)21-11-7-10-19(13-21)26-15-20-9-5-6-12-25(20)41-26;1-17(2)35-29(40)37-15-21-13-22(28(39)34-16-30(31,32)33)36-27(26(21)23(37)10-11-38)20-8-5-7-18(12-20)25-14-19-6-3-4-9-24(19)41-25/h5-7,9-15,18,24H,4,8,16-17H2,1-3H3,(H,35,39)(H,36,40);3-9,12-14,17,23,38H,10-11,15-16H2,1-2H3,(H,34,39)(H,35,40)/t24-;23-/m11/s1. The van der Waals surface area contributed by atoms with Crippen molar-refractivity contribution in [2.45, 2.75) is 103 Å². The van der Waals surface area contributed by atoms with Gasteiger partial charge in [0, 0.05) is 75.9 Å². The Balaban J connectivity index is 0.000000198. The van der Waals surface area contributed by atoms with Crippen molar-refractivity contribution in [1.82, 2.24) is 41.0 Å². The van der Waals surface area contributed by atoms with Gasteiger partial charge in [-0.05, 0) is 100 Å². The summed E-state index contributed by atoms with van der Waals surface area (Å²) in [5.41, 5.74) is 7.33. The zero-order valence-electron chi connectivity index (χ0n) is 45.5. The molecule has 0 aliphatic carbocycles. The van der Waals surface area contributed by atoms with Gasteiger partial charge in [-0.2, -0.15) is 26.3 Å². The van der Waals surface area contributed by atoms with Crippen molar-refractivity contribution in [3.05, 3.63) is 155 Å². The van der Waals surface area contributed by atoms with Gasteiger partial charge in [-0.3, -0.25) is 9.59 Å². The number of nitrogens with zero attached hydrogens (tertiary/aromatic N) is 4. The maximum atomic E-state index is 13.2. The highest BCUT2D eigenvalue weighted by Crippen LogP contribution is 2.45. The number of aromatic nitrogens is 2. The topological polar surface area (TPSA) is 195 Å². The number of carbonyl (C=O) groups is 4. The molecule has 15 nitrogen and oxygen atoms in total. The van der Waals surface area contributed by atoms with Crippen molar-refractivity contribution in [2.24, 2.45) is 0 Å². The van der Waals surface area contributed by atoms with Crippen LogP contribution in [0.1, 0.15) is 109 Å². The largest absolute Gasteiger partial charge is 0.456 e. The summed E-state index contributed by atoms with van der Waals surface area (Å²) in [6.45, 7) is 6.51. The number of alkyl halides is 6. The van der Waals surface area contributed by atoms with Gasteiger partial charge in [0.2, 0.25) is 0 Å². The summed E-state index contributed by atoms with van der Waals surface area (Å²) < 4.78 is 89.2. The molecule has 4 aromatic heterocycles. The molecule has 2 atom stereocenters. The van der Waals surface area contributed by atoms with Gasteiger partial charge in [-0.1, -0.05) is 86.1 Å². The van der Waals surface area contributed by atoms with Crippen molar-refractivity contribution in [3.8, 4) is 45.2 Å². The predicted molar refractivity (Wildman–Crippen MR) is 297 cm³/mol. The number of urea groups is 2. The van der Waals surface area contributed by atoms with E-state index in [9.17, 15) is 50.6 Å². The van der Waals surface area contributed by atoms with E-state index in [0.717, 1.165) is 39.5 Å². The third-order valence-corrected chi connectivity index (χ3v) is 13.8. The monoisotopic (exact) mass is 1130 g/mol. The van der Waals surface area contributed by atoms with Crippen LogP contribution < -0.4 is 21.3 Å². The Hall–Kier alpha value is -8.72. The lowest BCUT2D eigenvalue weighted by Crippen LogP contribution is -2.42. The number of furan rings is 2. The van der Waals surface area contributed by atoms with Crippen LogP contribution in [0, 0.1) is 0 Å². The first kappa shape index (κ1) is 58.0. The number of amides is 6. The highest BCUT2D eigenvalue weighted by molar-refractivity contribution is 5.95. The average molecular weight is 1130 g/mol. The molecule has 0 saturated heterocycles. The van der Waals surface area contributed by atoms with Gasteiger partial charge >= 0.3 is 24.4 Å². The maximum Gasteiger partial charge on any atom is 0.405 e. The van der Waals surface area contributed by atoms with Gasteiger partial charge in [0.05, 0.1) is 23.5 Å². The second kappa shape index (κ2) is 24.2. The second-order valence-electron chi connectivity index (χ2n) is 20.7. The lowest BCUT2D eigenvalue weighted by atomic mass is 9.94. The molecule has 82 heavy (non-hydrogen) atoms. The molecule has 0 saturated carbocycles. The van der Waals surface area contributed by atoms with Crippen LogP contribution in [-0.4, -0.2) is 92.9 Å². The number of benzene rings is 4. The van der Waals surface area contributed by atoms with Crippen LogP contribution in [0.4, 0.5) is 35.9 Å². The van der Waals surface area contributed by atoms with E-state index in [-0.39, 0.29) is 67.7 Å². The van der Waals surface area contributed by atoms with E-state index in [1.807, 2.05) is 142 Å². The molecule has 2 aliphatic heterocycles. The highest BCUT2D eigenvalue weighted by atomic mass is 19.4. The molecule has 21 heteroatoms. The number of aliphatic hydroxyl groups excluding tert-OH is 1. The molecule has 0 radical (unpaired) electrons. The minimum Gasteiger partial charge on any atom is -0.456 e. The molecule has 6 heterocycles. The summed E-state index contributed by atoms with van der Waals surface area (Å²) in [7, 11) is 0. The maximum absolute atomic E-state index is 13.2. The fourth-order valence-electron chi connectivity index (χ4n) is 10.3. The van der Waals surface area contributed by atoms with E-state index in [1.165, 1.54) is 12.1 Å².